The molecule has 1 aliphatic carbocycles. The molecule has 2 N–H and O–H groups in total. The largest absolute Gasteiger partial charge is 0.366 e. The molecule has 2 amide bonds. The number of benzene rings is 2. The summed E-state index contributed by atoms with van der Waals surface area (Å²) in [5, 5.41) is 1.50. The second-order valence-corrected chi connectivity index (χ2v) is 10.2. The van der Waals surface area contributed by atoms with Crippen molar-refractivity contribution in [2.24, 2.45) is 11.7 Å². The number of likely N-dealkylation sites (tertiary alicyclic amines) is 1. The number of hydrogen-bond acceptors (Lipinski definition) is 5. The number of pyridine rings is 1. The average Bonchev–Trinajstić information content (AvgIpc) is 3.25. The molecule has 0 spiro atoms. The van der Waals surface area contributed by atoms with Gasteiger partial charge in [-0.15, -0.1) is 11.3 Å². The van der Waals surface area contributed by atoms with Gasteiger partial charge in [0, 0.05) is 34.6 Å². The van der Waals surface area contributed by atoms with E-state index in [1.807, 2.05) is 47.4 Å². The molecule has 8 heteroatoms. The summed E-state index contributed by atoms with van der Waals surface area (Å²) in [5.74, 6) is -0.0000702. The van der Waals surface area contributed by atoms with E-state index < -0.39 is 5.91 Å². The maximum atomic E-state index is 13.7. The Bertz CT molecular complexity index is 1450. The molecule has 2 aliphatic rings. The molecule has 3 heterocycles. The number of carbonyl (C=O) groups is 2. The number of rotatable bonds is 5. The summed E-state index contributed by atoms with van der Waals surface area (Å²) >= 11 is 7.64. The first-order valence-electron chi connectivity index (χ1n) is 11.2. The lowest BCUT2D eigenvalue weighted by molar-refractivity contribution is 0.0695. The molecule has 0 radical (unpaired) electrons. The van der Waals surface area contributed by atoms with Crippen LogP contribution in [0.4, 0.5) is 0 Å². The van der Waals surface area contributed by atoms with Gasteiger partial charge in [-0.3, -0.25) is 14.6 Å². The fourth-order valence-corrected chi connectivity index (χ4v) is 6.12. The van der Waals surface area contributed by atoms with Crippen LogP contribution < -0.4 is 5.73 Å². The van der Waals surface area contributed by atoms with Gasteiger partial charge in [0.05, 0.1) is 21.5 Å². The Morgan fingerprint density at radius 3 is 2.79 bits per heavy atom. The van der Waals surface area contributed by atoms with Crippen LogP contribution in [0.15, 0.2) is 60.1 Å². The number of carbonyl (C=O) groups excluding carboxylic acids is 2. The molecule has 4 aromatic rings. The molecule has 6 rings (SSSR count). The van der Waals surface area contributed by atoms with Crippen molar-refractivity contribution in [2.75, 3.05) is 0 Å². The first-order chi connectivity index (χ1) is 16.5. The number of hydrogen-bond donors (Lipinski definition) is 1. The van der Waals surface area contributed by atoms with Gasteiger partial charge in [-0.1, -0.05) is 41.9 Å². The third kappa shape index (κ3) is 3.65. The molecular formula is C26H21ClN4O2S. The summed E-state index contributed by atoms with van der Waals surface area (Å²) in [5.41, 5.74) is 10.5. The molecule has 2 aromatic heterocycles. The summed E-state index contributed by atoms with van der Waals surface area (Å²) in [4.78, 5) is 37.7. The normalized spacial score (nSPS) is 21.0. The van der Waals surface area contributed by atoms with Crippen molar-refractivity contribution in [3.05, 3.63) is 82.1 Å². The highest BCUT2D eigenvalue weighted by Gasteiger charge is 2.54. The summed E-state index contributed by atoms with van der Waals surface area (Å²) in [6.07, 6.45) is 2.61. The number of thiazole rings is 1. The zero-order valence-electron chi connectivity index (χ0n) is 18.1. The number of nitrogens with zero attached hydrogens (tertiary/aromatic N) is 3. The lowest BCUT2D eigenvalue weighted by Gasteiger charge is -2.27. The first-order valence-corrected chi connectivity index (χ1v) is 12.5. The van der Waals surface area contributed by atoms with E-state index in [1.165, 1.54) is 11.3 Å². The van der Waals surface area contributed by atoms with Crippen LogP contribution in [0.3, 0.4) is 0 Å². The maximum Gasteiger partial charge on any atom is 0.274 e. The minimum Gasteiger partial charge on any atom is -0.366 e. The highest BCUT2D eigenvalue weighted by Crippen LogP contribution is 2.49. The van der Waals surface area contributed by atoms with Gasteiger partial charge >= 0.3 is 0 Å². The highest BCUT2D eigenvalue weighted by atomic mass is 35.5. The average molecular weight is 489 g/mol. The minimum absolute atomic E-state index is 0.0372. The smallest absolute Gasteiger partial charge is 0.274 e. The van der Waals surface area contributed by atoms with E-state index in [-0.39, 0.29) is 18.0 Å². The van der Waals surface area contributed by atoms with Crippen molar-refractivity contribution >= 4 is 45.7 Å². The zero-order chi connectivity index (χ0) is 23.4. The first kappa shape index (κ1) is 21.3. The van der Waals surface area contributed by atoms with Gasteiger partial charge in [0.15, 0.2) is 0 Å². The summed E-state index contributed by atoms with van der Waals surface area (Å²) in [6.45, 7) is 0. The molecule has 3 atom stereocenters. The molecule has 1 saturated heterocycles. The van der Waals surface area contributed by atoms with Gasteiger partial charge in [0.1, 0.15) is 5.69 Å². The third-order valence-corrected chi connectivity index (χ3v) is 7.90. The van der Waals surface area contributed by atoms with Gasteiger partial charge in [-0.2, -0.15) is 0 Å². The van der Waals surface area contributed by atoms with E-state index in [2.05, 4.69) is 4.98 Å². The molecule has 0 bridgehead atoms. The van der Waals surface area contributed by atoms with Crippen LogP contribution in [0.2, 0.25) is 5.02 Å². The van der Waals surface area contributed by atoms with Crippen molar-refractivity contribution in [1.82, 2.24) is 14.9 Å². The molecule has 170 valence electrons. The number of piperidine rings is 1. The van der Waals surface area contributed by atoms with Crippen molar-refractivity contribution in [3.63, 3.8) is 0 Å². The molecule has 34 heavy (non-hydrogen) atoms. The Kier molecular flexibility index (Phi) is 5.12. The van der Waals surface area contributed by atoms with Crippen LogP contribution >= 0.6 is 22.9 Å². The van der Waals surface area contributed by atoms with Crippen molar-refractivity contribution < 1.29 is 9.59 Å². The Hall–Kier alpha value is -3.29. The second-order valence-electron chi connectivity index (χ2n) is 8.95. The maximum absolute atomic E-state index is 13.7. The number of aromatic nitrogens is 2. The highest BCUT2D eigenvalue weighted by molar-refractivity contribution is 7.13. The Labute approximate surface area is 205 Å². The van der Waals surface area contributed by atoms with Gasteiger partial charge in [0.25, 0.3) is 11.8 Å². The van der Waals surface area contributed by atoms with E-state index in [0.717, 1.165) is 34.4 Å². The summed E-state index contributed by atoms with van der Waals surface area (Å²) in [6, 6.07) is 17.2. The van der Waals surface area contributed by atoms with E-state index in [0.29, 0.717) is 34.1 Å². The third-order valence-electron chi connectivity index (χ3n) is 6.79. The Balaban J connectivity index is 1.31. The second kappa shape index (κ2) is 8.18. The number of fused-ring (bicyclic) bond motifs is 2. The van der Waals surface area contributed by atoms with Gasteiger partial charge in [-0.25, -0.2) is 4.98 Å². The fraction of sp³-hybridized carbons (Fsp3) is 0.231. The number of nitrogens with two attached hydrogens (primary N) is 1. The van der Waals surface area contributed by atoms with Gasteiger partial charge in [-0.05, 0) is 48.6 Å². The molecule has 2 aromatic carbocycles. The van der Waals surface area contributed by atoms with E-state index in [4.69, 9.17) is 22.3 Å². The predicted octanol–water partition coefficient (Wildman–Crippen LogP) is 4.96. The standard InChI is InChI=1S/C26H21ClN4O2S/c27-17-5-1-4-15(9-17)24-23(29-13-34-24)26(33)31-19(10-16-11-21(16)31)12-18-8-7-14-3-2-6-20(25(28)32)22(14)30-18/h1-9,13,16,19,21H,10-12H2,(H2,28,32)/t16-,19+,21+/m1/s1. The quantitative estimate of drug-likeness (QED) is 0.430. The molecule has 0 unspecified atom stereocenters. The minimum atomic E-state index is -0.494. The molecule has 1 saturated carbocycles. The van der Waals surface area contributed by atoms with E-state index >= 15 is 0 Å². The molecular weight excluding hydrogens is 468 g/mol. The molecule has 6 nitrogen and oxygen atoms in total. The van der Waals surface area contributed by atoms with Gasteiger partial charge in [0.2, 0.25) is 0 Å². The lowest BCUT2D eigenvalue weighted by Crippen LogP contribution is -2.40. The predicted molar refractivity (Wildman–Crippen MR) is 133 cm³/mol. The van der Waals surface area contributed by atoms with Crippen LogP contribution in [0.25, 0.3) is 21.3 Å². The van der Waals surface area contributed by atoms with Gasteiger partial charge < -0.3 is 10.6 Å². The van der Waals surface area contributed by atoms with Crippen LogP contribution in [-0.4, -0.2) is 38.8 Å². The van der Waals surface area contributed by atoms with Crippen LogP contribution in [0.1, 0.15) is 39.4 Å². The number of para-hydroxylation sites is 1. The summed E-state index contributed by atoms with van der Waals surface area (Å²) in [7, 11) is 0. The lowest BCUT2D eigenvalue weighted by atomic mass is 10.0. The van der Waals surface area contributed by atoms with Crippen molar-refractivity contribution in [3.8, 4) is 10.4 Å². The summed E-state index contributed by atoms with van der Waals surface area (Å²) < 4.78 is 0. The Morgan fingerprint density at radius 2 is 1.97 bits per heavy atom. The monoisotopic (exact) mass is 488 g/mol. The SMILES string of the molecule is NC(=O)c1cccc2ccc(C[C@@H]3C[C@@H]4C[C@@H]4N3C(=O)c3ncsc3-c3cccc(Cl)c3)nc12. The van der Waals surface area contributed by atoms with E-state index in [9.17, 15) is 9.59 Å². The van der Waals surface area contributed by atoms with Crippen LogP contribution in [-0.2, 0) is 6.42 Å². The van der Waals surface area contributed by atoms with Crippen molar-refractivity contribution in [2.45, 2.75) is 31.3 Å². The number of amides is 2. The number of primary amides is 1. The van der Waals surface area contributed by atoms with Crippen LogP contribution in [0.5, 0.6) is 0 Å². The van der Waals surface area contributed by atoms with Crippen molar-refractivity contribution in [1.29, 1.82) is 0 Å². The molecule has 1 aliphatic heterocycles. The van der Waals surface area contributed by atoms with E-state index in [1.54, 1.807) is 17.6 Å². The molecule has 2 fully saturated rings. The zero-order valence-corrected chi connectivity index (χ0v) is 19.7. The Morgan fingerprint density at radius 1 is 1.12 bits per heavy atom. The topological polar surface area (TPSA) is 89.2 Å². The van der Waals surface area contributed by atoms with Crippen LogP contribution in [0, 0.1) is 5.92 Å². The number of halogens is 1. The fourth-order valence-electron chi connectivity index (χ4n) is 5.15.